The van der Waals surface area contributed by atoms with E-state index in [9.17, 15) is 14.7 Å². The maximum absolute atomic E-state index is 13.5. The van der Waals surface area contributed by atoms with Crippen molar-refractivity contribution in [2.24, 2.45) is 0 Å². The first-order valence-electron chi connectivity index (χ1n) is 9.77. The Hall–Kier alpha value is -3.13. The second kappa shape index (κ2) is 9.02. The second-order valence-corrected chi connectivity index (χ2v) is 8.60. The van der Waals surface area contributed by atoms with E-state index in [0.29, 0.717) is 22.1 Å². The second-order valence-electron chi connectivity index (χ2n) is 7.38. The number of aryl methyl sites for hydroxylation is 2. The summed E-state index contributed by atoms with van der Waals surface area (Å²) in [6, 6.07) is 9.38. The Morgan fingerprint density at radius 3 is 2.45 bits per heavy atom. The molecule has 0 radical (unpaired) electrons. The van der Waals surface area contributed by atoms with E-state index in [1.165, 1.54) is 16.7 Å². The molecule has 4 aromatic rings. The molecule has 2 N–H and O–H groups in total. The number of nitrogens with one attached hydrogen (secondary N) is 1. The molecule has 0 bridgehead atoms. The van der Waals surface area contributed by atoms with Gasteiger partial charge in [-0.1, -0.05) is 40.9 Å². The van der Waals surface area contributed by atoms with Gasteiger partial charge in [-0.15, -0.1) is 0 Å². The van der Waals surface area contributed by atoms with Crippen LogP contribution in [0.1, 0.15) is 27.4 Å². The summed E-state index contributed by atoms with van der Waals surface area (Å²) < 4.78 is 1.46. The molecule has 1 amide bonds. The molecule has 0 aliphatic carbocycles. The molecule has 0 saturated heterocycles. The molecule has 10 heteroatoms. The molecule has 2 aromatic heterocycles. The van der Waals surface area contributed by atoms with Gasteiger partial charge in [-0.2, -0.15) is 0 Å². The van der Waals surface area contributed by atoms with Gasteiger partial charge >= 0.3 is 0 Å². The fourth-order valence-electron chi connectivity index (χ4n) is 3.43. The zero-order valence-corrected chi connectivity index (χ0v) is 19.8. The Bertz CT molecular complexity index is 1460. The molecule has 33 heavy (non-hydrogen) atoms. The summed E-state index contributed by atoms with van der Waals surface area (Å²) in [7, 11) is 0. The number of fused-ring (bicyclic) bond motifs is 1. The van der Waals surface area contributed by atoms with Crippen molar-refractivity contribution in [1.82, 2.24) is 14.5 Å². The largest absolute Gasteiger partial charge is 0.505 e. The number of aromatic nitrogens is 3. The normalized spacial score (nSPS) is 11.1. The van der Waals surface area contributed by atoms with Gasteiger partial charge in [-0.05, 0) is 49.7 Å². The van der Waals surface area contributed by atoms with E-state index in [-0.39, 0.29) is 44.5 Å². The van der Waals surface area contributed by atoms with Crippen molar-refractivity contribution in [3.8, 4) is 5.75 Å². The summed E-state index contributed by atoms with van der Waals surface area (Å²) >= 11 is 18.1. The molecule has 7 nitrogen and oxygen atoms in total. The number of pyridine rings is 1. The Balaban J connectivity index is 1.83. The van der Waals surface area contributed by atoms with Gasteiger partial charge in [0.05, 0.1) is 43.9 Å². The van der Waals surface area contributed by atoms with Crippen molar-refractivity contribution >= 4 is 57.3 Å². The van der Waals surface area contributed by atoms with Crippen LogP contribution in [0.2, 0.25) is 15.1 Å². The molecule has 0 spiro atoms. The lowest BCUT2D eigenvalue weighted by Gasteiger charge is -2.15. The van der Waals surface area contributed by atoms with Crippen LogP contribution in [0.4, 0.5) is 5.69 Å². The van der Waals surface area contributed by atoms with E-state index in [0.717, 1.165) is 5.56 Å². The molecule has 0 aliphatic heterocycles. The highest BCUT2D eigenvalue weighted by molar-refractivity contribution is 6.37. The van der Waals surface area contributed by atoms with Crippen molar-refractivity contribution in [1.29, 1.82) is 0 Å². The lowest BCUT2D eigenvalue weighted by atomic mass is 10.1. The number of halogens is 3. The molecule has 0 atom stereocenters. The quantitative estimate of drug-likeness (QED) is 0.390. The summed E-state index contributed by atoms with van der Waals surface area (Å²) in [5.41, 5.74) is 1.83. The van der Waals surface area contributed by atoms with E-state index in [1.54, 1.807) is 37.4 Å². The Kier molecular flexibility index (Phi) is 6.30. The summed E-state index contributed by atoms with van der Waals surface area (Å²) in [4.78, 5) is 35.3. The molecule has 0 fully saturated rings. The van der Waals surface area contributed by atoms with Gasteiger partial charge in [0.2, 0.25) is 0 Å². The highest BCUT2D eigenvalue weighted by Gasteiger charge is 2.18. The van der Waals surface area contributed by atoms with Crippen LogP contribution in [0, 0.1) is 13.8 Å². The fourth-order valence-corrected chi connectivity index (χ4v) is 4.09. The number of phenolic OH excluding ortho intramolecular Hbond substituents is 1. The highest BCUT2D eigenvalue weighted by Crippen LogP contribution is 2.33. The predicted molar refractivity (Wildman–Crippen MR) is 130 cm³/mol. The van der Waals surface area contributed by atoms with Crippen LogP contribution in [-0.2, 0) is 6.54 Å². The van der Waals surface area contributed by atoms with Crippen LogP contribution in [0.15, 0.2) is 47.4 Å². The predicted octanol–water partition coefficient (Wildman–Crippen LogP) is 5.37. The van der Waals surface area contributed by atoms with E-state index < -0.39 is 5.91 Å². The molecule has 4 rings (SSSR count). The van der Waals surface area contributed by atoms with Gasteiger partial charge in [-0.25, -0.2) is 4.98 Å². The monoisotopic (exact) mass is 502 g/mol. The van der Waals surface area contributed by atoms with Gasteiger partial charge in [0.25, 0.3) is 11.5 Å². The molecule has 0 unspecified atom stereocenters. The number of benzene rings is 2. The highest BCUT2D eigenvalue weighted by atomic mass is 35.5. The minimum Gasteiger partial charge on any atom is -0.505 e. The van der Waals surface area contributed by atoms with Crippen molar-refractivity contribution in [3.05, 3.63) is 90.7 Å². The van der Waals surface area contributed by atoms with Crippen LogP contribution in [0.25, 0.3) is 10.9 Å². The number of rotatable bonds is 4. The maximum Gasteiger partial charge on any atom is 0.263 e. The van der Waals surface area contributed by atoms with Crippen molar-refractivity contribution in [2.75, 3.05) is 5.32 Å². The first-order valence-corrected chi connectivity index (χ1v) is 10.9. The molecule has 168 valence electrons. The average Bonchev–Trinajstić information content (AvgIpc) is 2.77. The minimum atomic E-state index is -0.553. The van der Waals surface area contributed by atoms with E-state index in [2.05, 4.69) is 15.3 Å². The van der Waals surface area contributed by atoms with Gasteiger partial charge in [-0.3, -0.25) is 19.1 Å². The number of anilines is 1. The van der Waals surface area contributed by atoms with E-state index in [4.69, 9.17) is 34.8 Å². The standard InChI is InChI=1S/C23H17Cl3N4O3/c1-11-5-6-17(29-22(32)13-8-15(25)21(31)16(26)9-13)19-20(11)28-12(2)30(23(19)33)10-18-14(24)4-3-7-27-18/h3-9,31H,10H2,1-2H3,(H,29,32). The Morgan fingerprint density at radius 2 is 1.79 bits per heavy atom. The van der Waals surface area contributed by atoms with Gasteiger partial charge < -0.3 is 10.4 Å². The number of carbonyl (C=O) groups excluding carboxylic acids is 1. The molecule has 0 saturated carbocycles. The fraction of sp³-hybridized carbons (Fsp3) is 0.130. The third-order valence-corrected chi connectivity index (χ3v) is 6.09. The smallest absolute Gasteiger partial charge is 0.263 e. The Labute approximate surface area is 203 Å². The number of amides is 1. The topological polar surface area (TPSA) is 97.1 Å². The third-order valence-electron chi connectivity index (χ3n) is 5.17. The minimum absolute atomic E-state index is 0.0618. The molecular weight excluding hydrogens is 487 g/mol. The molecule has 2 heterocycles. The first kappa shape index (κ1) is 23.0. The van der Waals surface area contributed by atoms with E-state index in [1.807, 2.05) is 6.92 Å². The Morgan fingerprint density at radius 1 is 1.09 bits per heavy atom. The number of phenols is 1. The summed E-state index contributed by atoms with van der Waals surface area (Å²) in [6.45, 7) is 3.68. The molecule has 0 aliphatic rings. The van der Waals surface area contributed by atoms with Gasteiger partial charge in [0.1, 0.15) is 5.82 Å². The maximum atomic E-state index is 13.5. The van der Waals surface area contributed by atoms with Crippen molar-refractivity contribution in [2.45, 2.75) is 20.4 Å². The SMILES string of the molecule is Cc1ccc(NC(=O)c2cc(Cl)c(O)c(Cl)c2)c2c(=O)n(Cc3ncccc3Cl)c(C)nc12. The van der Waals surface area contributed by atoms with Crippen LogP contribution in [0.5, 0.6) is 5.75 Å². The third kappa shape index (κ3) is 4.39. The summed E-state index contributed by atoms with van der Waals surface area (Å²) in [6.07, 6.45) is 1.60. The lowest BCUT2D eigenvalue weighted by Crippen LogP contribution is -2.26. The number of hydrogen-bond donors (Lipinski definition) is 2. The number of carbonyl (C=O) groups is 1. The number of hydrogen-bond acceptors (Lipinski definition) is 5. The summed E-state index contributed by atoms with van der Waals surface area (Å²) in [5.74, 6) is -0.382. The number of aromatic hydroxyl groups is 1. The van der Waals surface area contributed by atoms with Crippen LogP contribution >= 0.6 is 34.8 Å². The van der Waals surface area contributed by atoms with E-state index >= 15 is 0 Å². The van der Waals surface area contributed by atoms with Crippen molar-refractivity contribution < 1.29 is 9.90 Å². The zero-order valence-electron chi connectivity index (χ0n) is 17.5. The average molecular weight is 504 g/mol. The lowest BCUT2D eigenvalue weighted by molar-refractivity contribution is 0.102. The zero-order chi connectivity index (χ0) is 23.9. The van der Waals surface area contributed by atoms with Gasteiger partial charge in [0.15, 0.2) is 5.75 Å². The number of nitrogens with zero attached hydrogens (tertiary/aromatic N) is 3. The van der Waals surface area contributed by atoms with Gasteiger partial charge in [0, 0.05) is 11.8 Å². The van der Waals surface area contributed by atoms with Crippen molar-refractivity contribution in [3.63, 3.8) is 0 Å². The molecule has 2 aromatic carbocycles. The van der Waals surface area contributed by atoms with Crippen LogP contribution < -0.4 is 10.9 Å². The summed E-state index contributed by atoms with van der Waals surface area (Å²) in [5, 5.41) is 13.0. The molecular formula is C23H17Cl3N4O3. The van der Waals surface area contributed by atoms with Crippen LogP contribution in [-0.4, -0.2) is 25.5 Å². The first-order chi connectivity index (χ1) is 15.7. The van der Waals surface area contributed by atoms with Crippen LogP contribution in [0.3, 0.4) is 0 Å².